The van der Waals surface area contributed by atoms with Crippen molar-refractivity contribution < 1.29 is 15.2 Å². The highest BCUT2D eigenvalue weighted by Crippen LogP contribution is 2.30. The van der Waals surface area contributed by atoms with Crippen LogP contribution in [0, 0.1) is 0 Å². The number of aromatic hydroxyl groups is 1. The van der Waals surface area contributed by atoms with E-state index >= 15 is 0 Å². The predicted octanol–water partition coefficient (Wildman–Crippen LogP) is 0.575. The van der Waals surface area contributed by atoms with Crippen molar-refractivity contribution in [3.05, 3.63) is 18.2 Å². The van der Waals surface area contributed by atoms with Gasteiger partial charge in [0.05, 0.1) is 4.78 Å². The van der Waals surface area contributed by atoms with Crippen molar-refractivity contribution >= 4 is 45.9 Å². The fourth-order valence-electron chi connectivity index (χ4n) is 1.27. The zero-order valence-electron chi connectivity index (χ0n) is 7.01. The summed E-state index contributed by atoms with van der Waals surface area (Å²) in [6.45, 7) is 0. The summed E-state index contributed by atoms with van der Waals surface area (Å²) >= 11 is 5.30. The first-order valence-electron chi connectivity index (χ1n) is 3.90. The van der Waals surface area contributed by atoms with Crippen molar-refractivity contribution in [1.29, 1.82) is 0 Å². The van der Waals surface area contributed by atoms with Crippen LogP contribution in [-0.4, -0.2) is 22.3 Å². The monoisotopic (exact) mass is 226 g/mol. The Labute approximate surface area is 90.2 Å². The van der Waals surface area contributed by atoms with Gasteiger partial charge in [-0.1, -0.05) is 0 Å². The van der Waals surface area contributed by atoms with Crippen molar-refractivity contribution in [1.82, 2.24) is 0 Å². The molecule has 0 spiro atoms. The van der Waals surface area contributed by atoms with Crippen molar-refractivity contribution in [2.45, 2.75) is 4.90 Å². The van der Waals surface area contributed by atoms with E-state index < -0.39 is 7.12 Å². The van der Waals surface area contributed by atoms with Crippen LogP contribution in [-0.2, 0) is 0 Å². The van der Waals surface area contributed by atoms with Crippen LogP contribution in [0.2, 0.25) is 0 Å². The van der Waals surface area contributed by atoms with Gasteiger partial charge in [0.25, 0.3) is 0 Å². The molecular formula is C8H7BO3S2. The van der Waals surface area contributed by atoms with Gasteiger partial charge in [-0.2, -0.15) is 0 Å². The zero-order valence-corrected chi connectivity index (χ0v) is 8.72. The molecule has 0 unspecified atom stereocenters. The number of rotatable bonds is 1. The normalized spacial score (nSPS) is 10.8. The average Bonchev–Trinajstić information content (AvgIpc) is 2.43. The van der Waals surface area contributed by atoms with Crippen LogP contribution < -0.4 is 4.78 Å². The van der Waals surface area contributed by atoms with E-state index in [4.69, 9.17) is 10.0 Å². The van der Waals surface area contributed by atoms with Gasteiger partial charge in [-0.05, 0) is 18.2 Å². The number of hydrogen-bond acceptors (Lipinski definition) is 5. The first-order chi connectivity index (χ1) is 6.59. The summed E-state index contributed by atoms with van der Waals surface area (Å²) in [4.78, 5) is 0.776. The molecule has 14 heavy (non-hydrogen) atoms. The fraction of sp³-hybridized carbons (Fsp3) is 0. The molecular weight excluding hydrogens is 219 g/mol. The quantitative estimate of drug-likeness (QED) is 0.425. The van der Waals surface area contributed by atoms with Crippen molar-refractivity contribution in [2.24, 2.45) is 0 Å². The minimum Gasteiger partial charge on any atom is -0.507 e. The van der Waals surface area contributed by atoms with Crippen LogP contribution in [0.25, 0.3) is 10.1 Å². The first kappa shape index (κ1) is 9.85. The lowest BCUT2D eigenvalue weighted by Gasteiger charge is -1.94. The Morgan fingerprint density at radius 2 is 2.00 bits per heavy atom. The van der Waals surface area contributed by atoms with Gasteiger partial charge in [-0.15, -0.1) is 24.0 Å². The van der Waals surface area contributed by atoms with Crippen LogP contribution in [0.4, 0.5) is 0 Å². The number of hydrogen-bond donors (Lipinski definition) is 4. The van der Waals surface area contributed by atoms with E-state index in [9.17, 15) is 5.11 Å². The third kappa shape index (κ3) is 1.50. The maximum Gasteiger partial charge on any atom is 0.502 e. The van der Waals surface area contributed by atoms with Gasteiger partial charge in [0.15, 0.2) is 0 Å². The molecule has 0 aliphatic rings. The minimum absolute atomic E-state index is 0.0617. The molecule has 6 heteroatoms. The Kier molecular flexibility index (Phi) is 2.44. The second-order valence-electron chi connectivity index (χ2n) is 2.87. The largest absolute Gasteiger partial charge is 0.507 e. The highest BCUT2D eigenvalue weighted by Gasteiger charge is 2.21. The van der Waals surface area contributed by atoms with E-state index in [0.717, 1.165) is 20.9 Å². The molecule has 3 nitrogen and oxygen atoms in total. The Bertz CT molecular complexity index is 481. The summed E-state index contributed by atoms with van der Waals surface area (Å²) in [6.07, 6.45) is 0. The lowest BCUT2D eigenvalue weighted by atomic mass is 9.88. The smallest absolute Gasteiger partial charge is 0.502 e. The number of benzene rings is 1. The molecule has 1 aromatic carbocycles. The van der Waals surface area contributed by atoms with Crippen molar-refractivity contribution in [2.75, 3.05) is 0 Å². The van der Waals surface area contributed by atoms with Crippen LogP contribution in [0.1, 0.15) is 0 Å². The Hall–Kier alpha value is -0.685. The fourth-order valence-corrected chi connectivity index (χ4v) is 2.57. The van der Waals surface area contributed by atoms with Gasteiger partial charge in [-0.3, -0.25) is 0 Å². The van der Waals surface area contributed by atoms with E-state index in [2.05, 4.69) is 12.6 Å². The van der Waals surface area contributed by atoms with Crippen LogP contribution in [0.15, 0.2) is 23.1 Å². The molecule has 72 valence electrons. The number of thiophene rings is 1. The standard InChI is InChI=1S/C8H7BO3S2/c10-7-5-2-1-4(13)3-6(5)14-8(7)9(11)12/h1-3,10-13H. The topological polar surface area (TPSA) is 60.7 Å². The zero-order chi connectivity index (χ0) is 10.3. The number of fused-ring (bicyclic) bond motifs is 1. The second-order valence-corrected chi connectivity index (χ2v) is 4.47. The summed E-state index contributed by atoms with van der Waals surface area (Å²) in [5.41, 5.74) is 0. The molecule has 0 aliphatic carbocycles. The van der Waals surface area contributed by atoms with E-state index in [1.807, 2.05) is 0 Å². The lowest BCUT2D eigenvalue weighted by molar-refractivity contribution is 0.422. The molecule has 0 bridgehead atoms. The van der Waals surface area contributed by atoms with Crippen molar-refractivity contribution in [3.63, 3.8) is 0 Å². The molecule has 0 saturated carbocycles. The van der Waals surface area contributed by atoms with Gasteiger partial charge < -0.3 is 15.2 Å². The van der Waals surface area contributed by atoms with E-state index in [0.29, 0.717) is 5.39 Å². The Morgan fingerprint density at radius 3 is 2.64 bits per heavy atom. The van der Waals surface area contributed by atoms with Gasteiger partial charge in [-0.25, -0.2) is 0 Å². The predicted molar refractivity (Wildman–Crippen MR) is 60.6 cm³/mol. The van der Waals surface area contributed by atoms with Crippen molar-refractivity contribution in [3.8, 4) is 5.75 Å². The number of thiol groups is 1. The highest BCUT2D eigenvalue weighted by atomic mass is 32.1. The molecule has 1 heterocycles. The highest BCUT2D eigenvalue weighted by molar-refractivity contribution is 7.80. The average molecular weight is 226 g/mol. The first-order valence-corrected chi connectivity index (χ1v) is 5.16. The lowest BCUT2D eigenvalue weighted by Crippen LogP contribution is -2.26. The maximum atomic E-state index is 9.62. The van der Waals surface area contributed by atoms with Crippen LogP contribution in [0.5, 0.6) is 5.75 Å². The Balaban J connectivity index is 2.73. The Morgan fingerprint density at radius 1 is 1.29 bits per heavy atom. The van der Waals surface area contributed by atoms with Gasteiger partial charge in [0, 0.05) is 15.0 Å². The third-order valence-electron chi connectivity index (χ3n) is 1.91. The molecule has 0 saturated heterocycles. The molecule has 0 aliphatic heterocycles. The minimum atomic E-state index is -1.63. The van der Waals surface area contributed by atoms with E-state index in [-0.39, 0.29) is 10.5 Å². The molecule has 1 aromatic heterocycles. The summed E-state index contributed by atoms with van der Waals surface area (Å²) in [5, 5.41) is 28.2. The molecule has 0 fully saturated rings. The SMILES string of the molecule is OB(O)c1sc2cc(S)ccc2c1O. The summed E-state index contributed by atoms with van der Waals surface area (Å²) in [6, 6.07) is 5.22. The molecule has 2 aromatic rings. The van der Waals surface area contributed by atoms with Gasteiger partial charge in [0.1, 0.15) is 5.75 Å². The molecule has 2 rings (SSSR count). The van der Waals surface area contributed by atoms with E-state index in [1.54, 1.807) is 18.2 Å². The summed E-state index contributed by atoms with van der Waals surface area (Å²) in [7, 11) is -1.63. The van der Waals surface area contributed by atoms with Gasteiger partial charge in [0.2, 0.25) is 0 Å². The van der Waals surface area contributed by atoms with Crippen LogP contribution in [0.3, 0.4) is 0 Å². The maximum absolute atomic E-state index is 9.62. The molecule has 0 radical (unpaired) electrons. The second kappa shape index (κ2) is 3.47. The van der Waals surface area contributed by atoms with Gasteiger partial charge >= 0.3 is 7.12 Å². The molecule has 0 amide bonds. The summed E-state index contributed by atoms with van der Waals surface area (Å²) < 4.78 is 0.956. The summed E-state index contributed by atoms with van der Waals surface area (Å²) in [5.74, 6) is -0.0617. The molecule has 0 atom stereocenters. The van der Waals surface area contributed by atoms with Crippen LogP contribution >= 0.6 is 24.0 Å². The van der Waals surface area contributed by atoms with E-state index in [1.165, 1.54) is 0 Å². The molecule has 3 N–H and O–H groups in total. The third-order valence-corrected chi connectivity index (χ3v) is 3.37.